The van der Waals surface area contributed by atoms with Crippen LogP contribution in [0.5, 0.6) is 5.75 Å². The average molecular weight is 293 g/mol. The number of nitrogens with zero attached hydrogens (tertiary/aromatic N) is 1. The van der Waals surface area contributed by atoms with E-state index in [4.69, 9.17) is 4.74 Å². The van der Waals surface area contributed by atoms with E-state index in [9.17, 15) is 4.79 Å². The van der Waals surface area contributed by atoms with Gasteiger partial charge in [0.25, 0.3) is 5.91 Å². The van der Waals surface area contributed by atoms with Gasteiger partial charge < -0.3 is 9.64 Å². The van der Waals surface area contributed by atoms with Crippen LogP contribution < -0.4 is 9.64 Å². The molecule has 3 heteroatoms. The molecule has 22 heavy (non-hydrogen) atoms. The summed E-state index contributed by atoms with van der Waals surface area (Å²) in [6, 6.07) is 14.1. The molecule has 0 unspecified atom stereocenters. The molecule has 0 saturated heterocycles. The largest absolute Gasteiger partial charge is 0.497 e. The van der Waals surface area contributed by atoms with Crippen molar-refractivity contribution in [2.45, 2.75) is 31.7 Å². The highest BCUT2D eigenvalue weighted by Gasteiger charge is 2.46. The van der Waals surface area contributed by atoms with Gasteiger partial charge in [-0.1, -0.05) is 32.0 Å². The summed E-state index contributed by atoms with van der Waals surface area (Å²) < 4.78 is 5.37. The van der Waals surface area contributed by atoms with Crippen molar-refractivity contribution in [1.29, 1.82) is 0 Å². The van der Waals surface area contributed by atoms with Crippen LogP contribution in [0.4, 0.5) is 5.69 Å². The van der Waals surface area contributed by atoms with Crippen LogP contribution in [0, 0.1) is 0 Å². The maximum absolute atomic E-state index is 12.9. The molecular formula is C19H19NO2. The Morgan fingerprint density at radius 3 is 2.73 bits per heavy atom. The predicted octanol–water partition coefficient (Wildman–Crippen LogP) is 4.08. The molecule has 0 radical (unpaired) electrons. The fourth-order valence-electron chi connectivity index (χ4n) is 3.86. The highest BCUT2D eigenvalue weighted by atomic mass is 16.5. The molecule has 3 nitrogen and oxygen atoms in total. The zero-order valence-corrected chi connectivity index (χ0v) is 13.1. The molecule has 2 aliphatic rings. The molecule has 2 heterocycles. The summed E-state index contributed by atoms with van der Waals surface area (Å²) in [5, 5.41) is 0. The number of methoxy groups -OCH3 is 1. The fourth-order valence-corrected chi connectivity index (χ4v) is 3.86. The first-order valence-electron chi connectivity index (χ1n) is 7.64. The number of amides is 1. The molecule has 0 bridgehead atoms. The fraction of sp³-hybridized carbons (Fsp3) is 0.316. The maximum atomic E-state index is 12.9. The molecule has 0 spiro atoms. The van der Waals surface area contributed by atoms with E-state index in [2.05, 4.69) is 26.0 Å². The van der Waals surface area contributed by atoms with Crippen LogP contribution in [-0.2, 0) is 5.41 Å². The van der Waals surface area contributed by atoms with E-state index >= 15 is 0 Å². The summed E-state index contributed by atoms with van der Waals surface area (Å²) in [6.45, 7) is 4.49. The molecule has 0 fully saturated rings. The average Bonchev–Trinajstić information content (AvgIpc) is 2.80. The predicted molar refractivity (Wildman–Crippen MR) is 86.6 cm³/mol. The highest BCUT2D eigenvalue weighted by Crippen LogP contribution is 2.52. The number of rotatable bonds is 1. The van der Waals surface area contributed by atoms with Gasteiger partial charge in [0, 0.05) is 11.3 Å². The molecule has 1 amide bonds. The summed E-state index contributed by atoms with van der Waals surface area (Å²) in [6.07, 6.45) is 0.927. The summed E-state index contributed by atoms with van der Waals surface area (Å²) in [4.78, 5) is 14.8. The van der Waals surface area contributed by atoms with Gasteiger partial charge >= 0.3 is 0 Å². The summed E-state index contributed by atoms with van der Waals surface area (Å²) in [5.41, 5.74) is 4.20. The smallest absolute Gasteiger partial charge is 0.259 e. The number of hydrogen-bond donors (Lipinski definition) is 0. The van der Waals surface area contributed by atoms with Crippen LogP contribution in [0.3, 0.4) is 0 Å². The molecule has 1 atom stereocenters. The second-order valence-corrected chi connectivity index (χ2v) is 6.75. The Bertz CT molecular complexity index is 779. The second-order valence-electron chi connectivity index (χ2n) is 6.75. The van der Waals surface area contributed by atoms with Crippen molar-refractivity contribution in [3.05, 3.63) is 59.2 Å². The molecule has 0 N–H and O–H groups in total. The second kappa shape index (κ2) is 4.35. The summed E-state index contributed by atoms with van der Waals surface area (Å²) in [5.74, 6) is 0.956. The lowest BCUT2D eigenvalue weighted by Crippen LogP contribution is -2.39. The number of ether oxygens (including phenoxy) is 1. The molecule has 0 saturated carbocycles. The van der Waals surface area contributed by atoms with E-state index in [0.717, 1.165) is 29.0 Å². The quantitative estimate of drug-likeness (QED) is 0.793. The van der Waals surface area contributed by atoms with Gasteiger partial charge in [0.05, 0.1) is 13.2 Å². The van der Waals surface area contributed by atoms with Gasteiger partial charge in [-0.05, 0) is 47.2 Å². The Balaban J connectivity index is 1.94. The molecule has 2 aromatic carbocycles. The molecule has 112 valence electrons. The van der Waals surface area contributed by atoms with E-state index in [0.29, 0.717) is 0 Å². The van der Waals surface area contributed by atoms with Crippen molar-refractivity contribution in [3.63, 3.8) is 0 Å². The van der Waals surface area contributed by atoms with Gasteiger partial charge in [0.15, 0.2) is 0 Å². The van der Waals surface area contributed by atoms with E-state index in [1.165, 1.54) is 5.56 Å². The van der Waals surface area contributed by atoms with Gasteiger partial charge in [-0.3, -0.25) is 4.79 Å². The normalized spacial score (nSPS) is 21.1. The highest BCUT2D eigenvalue weighted by molar-refractivity contribution is 6.12. The van der Waals surface area contributed by atoms with Gasteiger partial charge in [0.2, 0.25) is 0 Å². The van der Waals surface area contributed by atoms with Gasteiger partial charge in [0.1, 0.15) is 5.75 Å². The van der Waals surface area contributed by atoms with Crippen LogP contribution in [0.2, 0.25) is 0 Å². The van der Waals surface area contributed by atoms with Gasteiger partial charge in [-0.2, -0.15) is 0 Å². The number of anilines is 1. The van der Waals surface area contributed by atoms with E-state index in [-0.39, 0.29) is 17.4 Å². The number of benzene rings is 2. The minimum atomic E-state index is 0.00275. The van der Waals surface area contributed by atoms with Crippen molar-refractivity contribution in [1.82, 2.24) is 0 Å². The zero-order valence-electron chi connectivity index (χ0n) is 13.1. The minimum Gasteiger partial charge on any atom is -0.497 e. The van der Waals surface area contributed by atoms with E-state index < -0.39 is 0 Å². The Hall–Kier alpha value is -2.29. The van der Waals surface area contributed by atoms with E-state index in [1.807, 2.05) is 35.2 Å². The lowest BCUT2D eigenvalue weighted by atomic mass is 9.74. The Kier molecular flexibility index (Phi) is 2.65. The number of fused-ring (bicyclic) bond motifs is 5. The minimum absolute atomic E-state index is 0.00275. The first kappa shape index (κ1) is 13.4. The molecule has 0 aliphatic carbocycles. The van der Waals surface area contributed by atoms with Crippen molar-refractivity contribution < 1.29 is 9.53 Å². The molecule has 0 aromatic heterocycles. The van der Waals surface area contributed by atoms with Crippen LogP contribution in [-0.4, -0.2) is 13.0 Å². The van der Waals surface area contributed by atoms with Crippen molar-refractivity contribution in [2.75, 3.05) is 12.0 Å². The lowest BCUT2D eigenvalue weighted by molar-refractivity contribution is 0.0985. The SMILES string of the molecule is COc1ccc2c(c1)C(C)(C)C[C@H]1c3ccccc3C(=O)N21. The maximum Gasteiger partial charge on any atom is 0.259 e. The monoisotopic (exact) mass is 293 g/mol. The Labute approximate surface area is 130 Å². The third-order valence-corrected chi connectivity index (χ3v) is 4.98. The van der Waals surface area contributed by atoms with Crippen LogP contribution in [0.25, 0.3) is 0 Å². The number of carbonyl (C=O) groups excluding carboxylic acids is 1. The first-order chi connectivity index (χ1) is 10.5. The third-order valence-electron chi connectivity index (χ3n) is 4.98. The Morgan fingerprint density at radius 1 is 1.18 bits per heavy atom. The van der Waals surface area contributed by atoms with Crippen molar-refractivity contribution in [2.24, 2.45) is 0 Å². The number of carbonyl (C=O) groups is 1. The van der Waals surface area contributed by atoms with Crippen molar-refractivity contribution >= 4 is 11.6 Å². The molecule has 2 aliphatic heterocycles. The third kappa shape index (κ3) is 1.65. The number of hydrogen-bond acceptors (Lipinski definition) is 2. The standard InChI is InChI=1S/C19H19NO2/c1-19(2)11-17-13-6-4-5-7-14(13)18(21)20(17)16-9-8-12(22-3)10-15(16)19/h4-10,17H,11H2,1-3H3/t17-/m0/s1. The summed E-state index contributed by atoms with van der Waals surface area (Å²) >= 11 is 0. The van der Waals surface area contributed by atoms with Crippen molar-refractivity contribution in [3.8, 4) is 5.75 Å². The van der Waals surface area contributed by atoms with E-state index in [1.54, 1.807) is 7.11 Å². The Morgan fingerprint density at radius 2 is 1.95 bits per heavy atom. The molecule has 2 aromatic rings. The molecular weight excluding hydrogens is 274 g/mol. The topological polar surface area (TPSA) is 29.5 Å². The lowest BCUT2D eigenvalue weighted by Gasteiger charge is -2.42. The van der Waals surface area contributed by atoms with Crippen LogP contribution in [0.15, 0.2) is 42.5 Å². The van der Waals surface area contributed by atoms with Gasteiger partial charge in [-0.25, -0.2) is 0 Å². The van der Waals surface area contributed by atoms with Crippen LogP contribution in [0.1, 0.15) is 47.8 Å². The molecule has 4 rings (SSSR count). The zero-order chi connectivity index (χ0) is 15.5. The van der Waals surface area contributed by atoms with Gasteiger partial charge in [-0.15, -0.1) is 0 Å². The summed E-state index contributed by atoms with van der Waals surface area (Å²) in [7, 11) is 1.68. The first-order valence-corrected chi connectivity index (χ1v) is 7.64. The van der Waals surface area contributed by atoms with Crippen LogP contribution >= 0.6 is 0 Å².